The van der Waals surface area contributed by atoms with Gasteiger partial charge in [-0.2, -0.15) is 20.5 Å². The maximum Gasteiger partial charge on any atom is 0.0887 e. The van der Waals surface area contributed by atoms with Crippen LogP contribution in [0.5, 0.6) is 0 Å². The Labute approximate surface area is 171 Å². The largest absolute Gasteiger partial charge is 0.372 e. The molecule has 0 atom stereocenters. The third kappa shape index (κ3) is 4.93. The van der Waals surface area contributed by atoms with E-state index in [1.165, 1.54) is 24.1 Å². The summed E-state index contributed by atoms with van der Waals surface area (Å²) in [6, 6.07) is 22.1. The van der Waals surface area contributed by atoms with Crippen LogP contribution in [0.15, 0.2) is 87.2 Å². The Balaban J connectivity index is 1.43. The van der Waals surface area contributed by atoms with Gasteiger partial charge in [0.05, 0.1) is 22.7 Å². The first-order valence-corrected chi connectivity index (χ1v) is 10.0. The number of hydrogen-bond acceptors (Lipinski definition) is 5. The summed E-state index contributed by atoms with van der Waals surface area (Å²) in [7, 11) is 0. The highest BCUT2D eigenvalue weighted by molar-refractivity contribution is 5.55. The van der Waals surface area contributed by atoms with Crippen LogP contribution in [-0.2, 0) is 0 Å². The number of anilines is 1. The van der Waals surface area contributed by atoms with Crippen LogP contribution in [0, 0.1) is 13.8 Å². The predicted molar refractivity (Wildman–Crippen MR) is 119 cm³/mol. The molecule has 5 nitrogen and oxygen atoms in total. The Hall–Kier alpha value is -3.34. The van der Waals surface area contributed by atoms with Crippen molar-refractivity contribution in [1.29, 1.82) is 0 Å². The number of rotatable bonds is 5. The number of hydrogen-bond donors (Lipinski definition) is 0. The van der Waals surface area contributed by atoms with Gasteiger partial charge in [-0.15, -0.1) is 0 Å². The van der Waals surface area contributed by atoms with Gasteiger partial charge in [0, 0.05) is 18.8 Å². The molecule has 0 unspecified atom stereocenters. The van der Waals surface area contributed by atoms with E-state index in [0.29, 0.717) is 0 Å². The fourth-order valence-electron chi connectivity index (χ4n) is 3.36. The zero-order chi connectivity index (χ0) is 20.1. The molecule has 0 aromatic heterocycles. The van der Waals surface area contributed by atoms with Gasteiger partial charge in [0.15, 0.2) is 0 Å². The molecule has 5 heteroatoms. The van der Waals surface area contributed by atoms with Crippen molar-refractivity contribution >= 4 is 28.4 Å². The van der Waals surface area contributed by atoms with Gasteiger partial charge in [-0.1, -0.05) is 17.7 Å². The SMILES string of the molecule is Cc1ccc(N=Nc2ccc(N=Nc3ccc(N4CCCC4)cc3)c(C)c2)cc1. The molecule has 1 aliphatic rings. The molecule has 0 aliphatic carbocycles. The molecular formula is C24H25N5. The van der Waals surface area contributed by atoms with E-state index in [1.54, 1.807) is 0 Å². The van der Waals surface area contributed by atoms with Crippen molar-refractivity contribution in [2.45, 2.75) is 26.7 Å². The van der Waals surface area contributed by atoms with E-state index >= 15 is 0 Å². The van der Waals surface area contributed by atoms with Crippen LogP contribution in [0.25, 0.3) is 0 Å². The molecule has 1 aliphatic heterocycles. The Morgan fingerprint density at radius 3 is 1.83 bits per heavy atom. The molecule has 0 bridgehead atoms. The van der Waals surface area contributed by atoms with Gasteiger partial charge >= 0.3 is 0 Å². The molecule has 0 amide bonds. The first-order chi connectivity index (χ1) is 14.2. The third-order valence-corrected chi connectivity index (χ3v) is 5.09. The normalized spacial score (nSPS) is 14.3. The molecule has 1 heterocycles. The zero-order valence-corrected chi connectivity index (χ0v) is 16.9. The summed E-state index contributed by atoms with van der Waals surface area (Å²) < 4.78 is 0. The van der Waals surface area contributed by atoms with Gasteiger partial charge in [0.2, 0.25) is 0 Å². The Kier molecular flexibility index (Phi) is 5.75. The minimum atomic E-state index is 0.803. The van der Waals surface area contributed by atoms with Crippen molar-refractivity contribution in [3.05, 3.63) is 77.9 Å². The van der Waals surface area contributed by atoms with Crippen LogP contribution in [0.2, 0.25) is 0 Å². The third-order valence-electron chi connectivity index (χ3n) is 5.09. The molecule has 146 valence electrons. The standard InChI is InChI=1S/C24H25N5/c1-18-5-7-20(8-6-18)25-27-22-11-14-24(19(2)17-22)28-26-21-9-12-23(13-10-21)29-15-3-4-16-29/h5-14,17H,3-4,15-16H2,1-2H3. The van der Waals surface area contributed by atoms with Crippen molar-refractivity contribution < 1.29 is 0 Å². The van der Waals surface area contributed by atoms with E-state index in [2.05, 4.69) is 44.4 Å². The van der Waals surface area contributed by atoms with E-state index < -0.39 is 0 Å². The van der Waals surface area contributed by atoms with E-state index in [-0.39, 0.29) is 0 Å². The van der Waals surface area contributed by atoms with E-state index in [4.69, 9.17) is 0 Å². The molecule has 0 N–H and O–H groups in total. The maximum atomic E-state index is 4.41. The summed E-state index contributed by atoms with van der Waals surface area (Å²) in [5.74, 6) is 0. The van der Waals surface area contributed by atoms with Crippen LogP contribution in [0.4, 0.5) is 28.4 Å². The summed E-state index contributed by atoms with van der Waals surface area (Å²) >= 11 is 0. The molecule has 0 spiro atoms. The maximum absolute atomic E-state index is 4.41. The highest BCUT2D eigenvalue weighted by Gasteiger charge is 2.11. The Bertz CT molecular complexity index is 1010. The second-order valence-corrected chi connectivity index (χ2v) is 7.42. The van der Waals surface area contributed by atoms with Gasteiger partial charge in [-0.3, -0.25) is 0 Å². The highest BCUT2D eigenvalue weighted by atomic mass is 15.1. The number of azo groups is 2. The minimum absolute atomic E-state index is 0.803. The number of benzene rings is 3. The molecule has 3 aromatic carbocycles. The average molecular weight is 383 g/mol. The smallest absolute Gasteiger partial charge is 0.0887 e. The average Bonchev–Trinajstić information content (AvgIpc) is 3.28. The van der Waals surface area contributed by atoms with Crippen LogP contribution in [-0.4, -0.2) is 13.1 Å². The predicted octanol–water partition coefficient (Wildman–Crippen LogP) is 7.73. The lowest BCUT2D eigenvalue weighted by atomic mass is 10.2. The van der Waals surface area contributed by atoms with Crippen molar-refractivity contribution in [2.75, 3.05) is 18.0 Å². The van der Waals surface area contributed by atoms with E-state index in [0.717, 1.165) is 41.4 Å². The second kappa shape index (κ2) is 8.78. The molecule has 1 fully saturated rings. The van der Waals surface area contributed by atoms with Gasteiger partial charge in [0.25, 0.3) is 0 Å². The zero-order valence-electron chi connectivity index (χ0n) is 16.9. The summed E-state index contributed by atoms with van der Waals surface area (Å²) in [5, 5.41) is 17.4. The molecule has 3 aromatic rings. The van der Waals surface area contributed by atoms with E-state index in [1.807, 2.05) is 61.5 Å². The van der Waals surface area contributed by atoms with Crippen LogP contribution < -0.4 is 4.90 Å². The first kappa shape index (κ1) is 19.0. The van der Waals surface area contributed by atoms with Gasteiger partial charge in [-0.25, -0.2) is 0 Å². The fraction of sp³-hybridized carbons (Fsp3) is 0.250. The van der Waals surface area contributed by atoms with Crippen molar-refractivity contribution in [3.8, 4) is 0 Å². The fourth-order valence-corrected chi connectivity index (χ4v) is 3.36. The van der Waals surface area contributed by atoms with Crippen molar-refractivity contribution in [3.63, 3.8) is 0 Å². The molecular weight excluding hydrogens is 358 g/mol. The summed E-state index contributed by atoms with van der Waals surface area (Å²) in [6.45, 7) is 6.36. The van der Waals surface area contributed by atoms with Gasteiger partial charge in [-0.05, 0) is 86.8 Å². The Morgan fingerprint density at radius 2 is 1.17 bits per heavy atom. The molecule has 29 heavy (non-hydrogen) atoms. The summed E-state index contributed by atoms with van der Waals surface area (Å²) in [6.07, 6.45) is 2.56. The topological polar surface area (TPSA) is 52.7 Å². The van der Waals surface area contributed by atoms with Crippen LogP contribution in [0.3, 0.4) is 0 Å². The minimum Gasteiger partial charge on any atom is -0.372 e. The quantitative estimate of drug-likeness (QED) is 0.416. The molecule has 1 saturated heterocycles. The van der Waals surface area contributed by atoms with Gasteiger partial charge in [0.1, 0.15) is 0 Å². The van der Waals surface area contributed by atoms with Gasteiger partial charge < -0.3 is 4.90 Å². The Morgan fingerprint density at radius 1 is 0.621 bits per heavy atom. The van der Waals surface area contributed by atoms with Crippen molar-refractivity contribution in [2.24, 2.45) is 20.5 Å². The number of aryl methyl sites for hydroxylation is 2. The van der Waals surface area contributed by atoms with Crippen LogP contribution in [0.1, 0.15) is 24.0 Å². The second-order valence-electron chi connectivity index (χ2n) is 7.42. The number of nitrogens with zero attached hydrogens (tertiary/aromatic N) is 5. The lowest BCUT2D eigenvalue weighted by Gasteiger charge is -2.17. The molecule has 0 radical (unpaired) electrons. The highest BCUT2D eigenvalue weighted by Crippen LogP contribution is 2.28. The summed E-state index contributed by atoms with van der Waals surface area (Å²) in [5.41, 5.74) is 6.83. The van der Waals surface area contributed by atoms with E-state index in [9.17, 15) is 0 Å². The summed E-state index contributed by atoms with van der Waals surface area (Å²) in [4.78, 5) is 2.41. The monoisotopic (exact) mass is 383 g/mol. The lowest BCUT2D eigenvalue weighted by Crippen LogP contribution is -2.17. The van der Waals surface area contributed by atoms with Crippen molar-refractivity contribution in [1.82, 2.24) is 0 Å². The van der Waals surface area contributed by atoms with Crippen LogP contribution >= 0.6 is 0 Å². The molecule has 4 rings (SSSR count). The first-order valence-electron chi connectivity index (χ1n) is 10.0. The lowest BCUT2D eigenvalue weighted by molar-refractivity contribution is 0.949. The molecule has 0 saturated carbocycles.